The zero-order valence-electron chi connectivity index (χ0n) is 16.7. The molecule has 2 amide bonds. The van der Waals surface area contributed by atoms with Gasteiger partial charge in [-0.15, -0.1) is 11.3 Å². The zero-order chi connectivity index (χ0) is 21.2. The Bertz CT molecular complexity index is 1360. The number of benzene rings is 2. The van der Waals surface area contributed by atoms with Crippen LogP contribution >= 0.6 is 11.3 Å². The minimum absolute atomic E-state index is 0.282. The first-order valence-corrected chi connectivity index (χ1v) is 10.6. The average molecular weight is 426 g/mol. The fraction of sp³-hybridized carbons (Fsp3) is 0.0417. The van der Waals surface area contributed by atoms with Gasteiger partial charge in [0.25, 0.3) is 0 Å². The highest BCUT2D eigenvalue weighted by molar-refractivity contribution is 7.15. The molecule has 0 aliphatic carbocycles. The van der Waals surface area contributed by atoms with Crippen LogP contribution in [-0.4, -0.2) is 21.0 Å². The van der Waals surface area contributed by atoms with E-state index in [1.54, 1.807) is 11.3 Å². The second-order valence-electron chi connectivity index (χ2n) is 7.03. The first-order valence-electron chi connectivity index (χ1n) is 9.81. The van der Waals surface area contributed by atoms with Gasteiger partial charge in [-0.2, -0.15) is 0 Å². The van der Waals surface area contributed by atoms with Gasteiger partial charge >= 0.3 is 6.03 Å². The Labute approximate surface area is 183 Å². The van der Waals surface area contributed by atoms with E-state index >= 15 is 0 Å². The van der Waals surface area contributed by atoms with Gasteiger partial charge in [-0.1, -0.05) is 30.3 Å². The summed E-state index contributed by atoms with van der Waals surface area (Å²) in [6.45, 7) is 2.01. The Kier molecular flexibility index (Phi) is 4.93. The van der Waals surface area contributed by atoms with E-state index in [9.17, 15) is 4.79 Å². The van der Waals surface area contributed by atoms with E-state index in [0.717, 1.165) is 43.4 Å². The number of fused-ring (bicyclic) bond motifs is 1. The Hall–Kier alpha value is -3.97. The Morgan fingerprint density at radius 3 is 2.45 bits per heavy atom. The van der Waals surface area contributed by atoms with E-state index in [-0.39, 0.29) is 6.03 Å². The maximum atomic E-state index is 12.2. The van der Waals surface area contributed by atoms with Gasteiger partial charge in [0, 0.05) is 40.3 Å². The van der Waals surface area contributed by atoms with Crippen molar-refractivity contribution < 1.29 is 4.79 Å². The molecule has 3 heterocycles. The first kappa shape index (κ1) is 19.0. The molecule has 5 rings (SSSR count). The van der Waals surface area contributed by atoms with Crippen LogP contribution in [-0.2, 0) is 0 Å². The van der Waals surface area contributed by atoms with E-state index in [1.165, 1.54) is 0 Å². The van der Waals surface area contributed by atoms with Crippen LogP contribution in [0.2, 0.25) is 0 Å². The van der Waals surface area contributed by atoms with Crippen LogP contribution in [0.3, 0.4) is 0 Å². The fourth-order valence-electron chi connectivity index (χ4n) is 3.49. The molecule has 5 aromatic rings. The summed E-state index contributed by atoms with van der Waals surface area (Å²) in [6.07, 6.45) is 3.71. The minimum Gasteiger partial charge on any atom is -0.346 e. The van der Waals surface area contributed by atoms with Gasteiger partial charge in [-0.05, 0) is 43.3 Å². The van der Waals surface area contributed by atoms with Crippen molar-refractivity contribution in [3.63, 3.8) is 0 Å². The standard InChI is InChI=1S/C24H19N5OS/c1-15-27-21(22(31-15)19-11-13-25-23-20(19)12-14-26-23)16-7-9-18(10-8-16)29-24(30)28-17-5-3-2-4-6-17/h2-14H,1H3,(H,25,26)(H2,28,29,30). The van der Waals surface area contributed by atoms with E-state index in [4.69, 9.17) is 4.98 Å². The van der Waals surface area contributed by atoms with Crippen molar-refractivity contribution in [3.8, 4) is 21.7 Å². The monoisotopic (exact) mass is 425 g/mol. The lowest BCUT2D eigenvalue weighted by Crippen LogP contribution is -2.19. The minimum atomic E-state index is -0.282. The van der Waals surface area contributed by atoms with Crippen LogP contribution in [0.15, 0.2) is 79.1 Å². The van der Waals surface area contributed by atoms with Gasteiger partial charge < -0.3 is 15.6 Å². The highest BCUT2D eigenvalue weighted by Crippen LogP contribution is 2.39. The summed E-state index contributed by atoms with van der Waals surface area (Å²) in [5.41, 5.74) is 5.34. The molecule has 2 aromatic carbocycles. The third-order valence-electron chi connectivity index (χ3n) is 4.89. The number of thiazole rings is 1. The lowest BCUT2D eigenvalue weighted by Gasteiger charge is -2.09. The molecule has 0 saturated heterocycles. The summed E-state index contributed by atoms with van der Waals surface area (Å²) in [4.78, 5) is 25.7. The third-order valence-corrected chi connectivity index (χ3v) is 5.89. The summed E-state index contributed by atoms with van der Waals surface area (Å²) in [6, 6.07) is 20.9. The number of carbonyl (C=O) groups excluding carboxylic acids is 1. The first-order chi connectivity index (χ1) is 15.2. The summed E-state index contributed by atoms with van der Waals surface area (Å²) < 4.78 is 0. The van der Waals surface area contributed by atoms with Gasteiger partial charge in [0.2, 0.25) is 0 Å². The molecule has 31 heavy (non-hydrogen) atoms. The number of aromatic nitrogens is 3. The number of para-hydroxylation sites is 1. The molecule has 3 N–H and O–H groups in total. The molecule has 0 atom stereocenters. The number of hydrogen-bond donors (Lipinski definition) is 3. The fourth-order valence-corrected chi connectivity index (χ4v) is 4.47. The molecule has 0 aliphatic heterocycles. The number of rotatable bonds is 4. The molecule has 0 saturated carbocycles. The molecule has 0 fully saturated rings. The number of pyridine rings is 1. The Morgan fingerprint density at radius 1 is 0.935 bits per heavy atom. The zero-order valence-corrected chi connectivity index (χ0v) is 17.5. The topological polar surface area (TPSA) is 82.7 Å². The highest BCUT2D eigenvalue weighted by atomic mass is 32.1. The van der Waals surface area contributed by atoms with Gasteiger partial charge in [0.05, 0.1) is 15.6 Å². The predicted molar refractivity (Wildman–Crippen MR) is 126 cm³/mol. The Morgan fingerprint density at radius 2 is 1.68 bits per heavy atom. The summed E-state index contributed by atoms with van der Waals surface area (Å²) in [5.74, 6) is 0. The number of H-pyrrole nitrogens is 1. The molecule has 0 aliphatic rings. The van der Waals surface area contributed by atoms with E-state index < -0.39 is 0 Å². The lowest BCUT2D eigenvalue weighted by molar-refractivity contribution is 0.262. The molecular weight excluding hydrogens is 406 g/mol. The number of anilines is 2. The molecule has 152 valence electrons. The second-order valence-corrected chi connectivity index (χ2v) is 8.23. The number of carbonyl (C=O) groups is 1. The van der Waals surface area contributed by atoms with Crippen LogP contribution in [0.1, 0.15) is 5.01 Å². The number of aromatic amines is 1. The molecule has 0 bridgehead atoms. The highest BCUT2D eigenvalue weighted by Gasteiger charge is 2.16. The molecule has 0 radical (unpaired) electrons. The SMILES string of the molecule is Cc1nc(-c2ccc(NC(=O)Nc3ccccc3)cc2)c(-c2ccnc3[nH]ccc23)s1. The quantitative estimate of drug-likeness (QED) is 0.316. The second kappa shape index (κ2) is 8.04. The van der Waals surface area contributed by atoms with Gasteiger partial charge in [-0.25, -0.2) is 14.8 Å². The summed E-state index contributed by atoms with van der Waals surface area (Å²) in [5, 5.41) is 7.74. The largest absolute Gasteiger partial charge is 0.346 e. The van der Waals surface area contributed by atoms with Crippen LogP contribution in [0.25, 0.3) is 32.7 Å². The maximum absolute atomic E-state index is 12.2. The molecule has 0 unspecified atom stereocenters. The number of amides is 2. The maximum Gasteiger partial charge on any atom is 0.323 e. The Balaban J connectivity index is 1.41. The van der Waals surface area contributed by atoms with Crippen molar-refractivity contribution in [1.82, 2.24) is 15.0 Å². The average Bonchev–Trinajstić information content (AvgIpc) is 3.41. The van der Waals surface area contributed by atoms with Crippen molar-refractivity contribution >= 4 is 39.8 Å². The van der Waals surface area contributed by atoms with Crippen LogP contribution in [0.4, 0.5) is 16.2 Å². The smallest absolute Gasteiger partial charge is 0.323 e. The van der Waals surface area contributed by atoms with Gasteiger partial charge in [0.1, 0.15) is 5.65 Å². The summed E-state index contributed by atoms with van der Waals surface area (Å²) in [7, 11) is 0. The number of nitrogens with zero attached hydrogens (tertiary/aromatic N) is 2. The number of aryl methyl sites for hydroxylation is 1. The van der Waals surface area contributed by atoms with Crippen molar-refractivity contribution in [1.29, 1.82) is 0 Å². The summed E-state index contributed by atoms with van der Waals surface area (Å²) >= 11 is 1.66. The van der Waals surface area contributed by atoms with Gasteiger partial charge in [-0.3, -0.25) is 0 Å². The van der Waals surface area contributed by atoms with Crippen LogP contribution < -0.4 is 10.6 Å². The number of urea groups is 1. The van der Waals surface area contributed by atoms with Gasteiger partial charge in [0.15, 0.2) is 0 Å². The van der Waals surface area contributed by atoms with E-state index in [2.05, 4.69) is 20.6 Å². The van der Waals surface area contributed by atoms with Crippen molar-refractivity contribution in [2.45, 2.75) is 6.92 Å². The molecular formula is C24H19N5OS. The van der Waals surface area contributed by atoms with E-state index in [0.29, 0.717) is 5.69 Å². The predicted octanol–water partition coefficient (Wildman–Crippen LogP) is 6.31. The lowest BCUT2D eigenvalue weighted by atomic mass is 10.1. The number of nitrogens with one attached hydrogen (secondary N) is 3. The molecule has 0 spiro atoms. The van der Waals surface area contributed by atoms with Crippen LogP contribution in [0, 0.1) is 6.92 Å². The van der Waals surface area contributed by atoms with E-state index in [1.807, 2.05) is 86.0 Å². The number of hydrogen-bond acceptors (Lipinski definition) is 4. The molecule has 7 heteroatoms. The van der Waals surface area contributed by atoms with Crippen molar-refractivity contribution in [2.24, 2.45) is 0 Å². The normalized spacial score (nSPS) is 10.9. The van der Waals surface area contributed by atoms with Crippen molar-refractivity contribution in [2.75, 3.05) is 10.6 Å². The van der Waals surface area contributed by atoms with Crippen LogP contribution in [0.5, 0.6) is 0 Å². The van der Waals surface area contributed by atoms with Crippen molar-refractivity contribution in [3.05, 3.63) is 84.1 Å². The molecule has 3 aromatic heterocycles. The third kappa shape index (κ3) is 3.91. The molecule has 6 nitrogen and oxygen atoms in total.